The molecule has 0 heterocycles. The molecule has 8 heteroatoms. The number of benzene rings is 2. The number of anilines is 3. The van der Waals surface area contributed by atoms with Gasteiger partial charge in [0, 0.05) is 3.57 Å². The first kappa shape index (κ1) is 14.5. The van der Waals surface area contributed by atoms with Gasteiger partial charge in [0.2, 0.25) is 0 Å². The van der Waals surface area contributed by atoms with Crippen molar-refractivity contribution in [3.8, 4) is 0 Å². The number of para-hydroxylation sites is 1. The van der Waals surface area contributed by atoms with Crippen molar-refractivity contribution in [1.29, 1.82) is 0 Å². The minimum atomic E-state index is -0.534. The average Bonchev–Trinajstić information content (AvgIpc) is 2.41. The van der Waals surface area contributed by atoms with E-state index in [1.165, 1.54) is 24.3 Å². The van der Waals surface area contributed by atoms with E-state index >= 15 is 0 Å². The predicted octanol–water partition coefficient (Wildman–Crippen LogP) is 3.37. The molecule has 0 atom stereocenters. The monoisotopic (exact) mass is 388 g/mol. The van der Waals surface area contributed by atoms with Crippen molar-refractivity contribution in [2.24, 2.45) is 5.84 Å². The average molecular weight is 388 g/mol. The molecule has 2 aromatic carbocycles. The molecule has 0 spiro atoms. The lowest BCUT2D eigenvalue weighted by Gasteiger charge is -2.11. The molecule has 0 aliphatic rings. The molecule has 0 unspecified atom stereocenters. The summed E-state index contributed by atoms with van der Waals surface area (Å²) in [7, 11) is 0. The molecule has 0 amide bonds. The van der Waals surface area contributed by atoms with Gasteiger partial charge in [0.05, 0.1) is 10.6 Å². The number of halogens is 2. The largest absolute Gasteiger partial charge is 0.349 e. The summed E-state index contributed by atoms with van der Waals surface area (Å²) >= 11 is 1.95. The van der Waals surface area contributed by atoms with Crippen LogP contribution in [0.2, 0.25) is 0 Å². The van der Waals surface area contributed by atoms with Crippen molar-refractivity contribution in [2.45, 2.75) is 0 Å². The van der Waals surface area contributed by atoms with E-state index in [1.807, 2.05) is 22.6 Å². The van der Waals surface area contributed by atoms with E-state index in [4.69, 9.17) is 5.84 Å². The Morgan fingerprint density at radius 1 is 1.20 bits per heavy atom. The summed E-state index contributed by atoms with van der Waals surface area (Å²) in [6.07, 6.45) is 0. The minimum absolute atomic E-state index is 0.171. The predicted molar refractivity (Wildman–Crippen MR) is 83.3 cm³/mol. The number of rotatable bonds is 4. The van der Waals surface area contributed by atoms with E-state index in [9.17, 15) is 14.5 Å². The van der Waals surface area contributed by atoms with Crippen molar-refractivity contribution in [1.82, 2.24) is 0 Å². The van der Waals surface area contributed by atoms with Gasteiger partial charge in [-0.15, -0.1) is 0 Å². The molecule has 0 saturated carbocycles. The fraction of sp³-hybridized carbons (Fsp3) is 0. The molecular formula is C12H10FIN4O2. The van der Waals surface area contributed by atoms with Crippen molar-refractivity contribution in [2.75, 3.05) is 10.7 Å². The fourth-order valence-corrected chi connectivity index (χ4v) is 2.31. The summed E-state index contributed by atoms with van der Waals surface area (Å²) in [6, 6.07) is 8.81. The zero-order valence-electron chi connectivity index (χ0n) is 10.1. The number of nitrogens with one attached hydrogen (secondary N) is 2. The molecule has 0 fully saturated rings. The molecule has 20 heavy (non-hydrogen) atoms. The van der Waals surface area contributed by atoms with Crippen LogP contribution in [-0.2, 0) is 0 Å². The van der Waals surface area contributed by atoms with Crippen molar-refractivity contribution in [3.05, 3.63) is 55.9 Å². The number of nitrogens with two attached hydrogens (primary N) is 1. The number of nitrogens with zero attached hydrogens (tertiary/aromatic N) is 1. The molecular weight excluding hydrogens is 378 g/mol. The Labute approximate surface area is 127 Å². The maximum absolute atomic E-state index is 13.0. The molecule has 2 rings (SSSR count). The third kappa shape index (κ3) is 2.96. The van der Waals surface area contributed by atoms with Gasteiger partial charge in [-0.3, -0.25) is 16.0 Å². The highest BCUT2D eigenvalue weighted by Gasteiger charge is 2.19. The van der Waals surface area contributed by atoms with Crippen LogP contribution in [0.1, 0.15) is 0 Å². The highest BCUT2D eigenvalue weighted by Crippen LogP contribution is 2.35. The molecule has 0 saturated heterocycles. The number of hydrogen-bond acceptors (Lipinski definition) is 5. The summed E-state index contributed by atoms with van der Waals surface area (Å²) < 4.78 is 13.7. The van der Waals surface area contributed by atoms with Crippen LogP contribution < -0.4 is 16.6 Å². The molecule has 0 radical (unpaired) electrons. The number of hydrogen-bond donors (Lipinski definition) is 3. The number of nitro benzene ring substituents is 1. The van der Waals surface area contributed by atoms with E-state index < -0.39 is 4.92 Å². The van der Waals surface area contributed by atoms with Gasteiger partial charge in [0.15, 0.2) is 0 Å². The Balaban J connectivity index is 2.45. The fourth-order valence-electron chi connectivity index (χ4n) is 1.69. The third-order valence-electron chi connectivity index (χ3n) is 2.57. The maximum Gasteiger partial charge on any atom is 0.316 e. The summed E-state index contributed by atoms with van der Waals surface area (Å²) in [5.41, 5.74) is 3.15. The Bertz CT molecular complexity index is 666. The highest BCUT2D eigenvalue weighted by atomic mass is 127. The van der Waals surface area contributed by atoms with Gasteiger partial charge in [-0.05, 0) is 52.9 Å². The topological polar surface area (TPSA) is 93.2 Å². The van der Waals surface area contributed by atoms with Crippen LogP contribution in [0.3, 0.4) is 0 Å². The summed E-state index contributed by atoms with van der Waals surface area (Å²) in [5, 5.41) is 14.1. The molecule has 0 aliphatic carbocycles. The Kier molecular flexibility index (Phi) is 4.35. The molecule has 0 aromatic heterocycles. The van der Waals surface area contributed by atoms with Gasteiger partial charge < -0.3 is 10.7 Å². The van der Waals surface area contributed by atoms with Crippen LogP contribution in [0.5, 0.6) is 0 Å². The van der Waals surface area contributed by atoms with Gasteiger partial charge in [-0.25, -0.2) is 4.39 Å². The summed E-state index contributed by atoms with van der Waals surface area (Å²) in [5.74, 6) is 4.90. The molecule has 104 valence electrons. The number of nitro groups is 1. The molecule has 0 aliphatic heterocycles. The second-order valence-corrected chi connectivity index (χ2v) is 5.01. The number of hydrazine groups is 1. The van der Waals surface area contributed by atoms with Gasteiger partial charge in [0.1, 0.15) is 17.2 Å². The third-order valence-corrected chi connectivity index (χ3v) is 3.47. The van der Waals surface area contributed by atoms with Gasteiger partial charge in [0.25, 0.3) is 0 Å². The first-order valence-electron chi connectivity index (χ1n) is 5.49. The number of nitrogen functional groups attached to an aromatic ring is 1. The van der Waals surface area contributed by atoms with Crippen LogP contribution in [0.4, 0.5) is 27.1 Å². The van der Waals surface area contributed by atoms with Crippen LogP contribution in [-0.4, -0.2) is 4.92 Å². The van der Waals surface area contributed by atoms with E-state index in [0.717, 1.165) is 0 Å². The van der Waals surface area contributed by atoms with Crippen LogP contribution in [0.25, 0.3) is 0 Å². The van der Waals surface area contributed by atoms with Crippen LogP contribution in [0, 0.1) is 19.5 Å². The lowest BCUT2D eigenvalue weighted by atomic mass is 10.2. The Morgan fingerprint density at radius 3 is 2.50 bits per heavy atom. The van der Waals surface area contributed by atoms with Crippen molar-refractivity contribution >= 4 is 45.3 Å². The van der Waals surface area contributed by atoms with Crippen molar-refractivity contribution < 1.29 is 9.31 Å². The summed E-state index contributed by atoms with van der Waals surface area (Å²) in [4.78, 5) is 10.6. The SMILES string of the molecule is NNc1cccc(Nc2ccc(F)cc2I)c1[N+](=O)[O-]. The summed E-state index contributed by atoms with van der Waals surface area (Å²) in [6.45, 7) is 0. The second kappa shape index (κ2) is 6.01. The standard InChI is InChI=1S/C12H10FIN4O2/c13-7-4-5-9(8(14)6-7)16-10-2-1-3-11(17-15)12(10)18(19)20/h1-6,16-17H,15H2. The minimum Gasteiger partial charge on any atom is -0.349 e. The van der Waals surface area contributed by atoms with Gasteiger partial charge in [-0.1, -0.05) is 6.07 Å². The Hall–Kier alpha value is -1.94. The van der Waals surface area contributed by atoms with Gasteiger partial charge in [-0.2, -0.15) is 0 Å². The first-order chi connectivity index (χ1) is 9.52. The quantitative estimate of drug-likeness (QED) is 0.323. The van der Waals surface area contributed by atoms with E-state index in [-0.39, 0.29) is 22.9 Å². The van der Waals surface area contributed by atoms with Crippen molar-refractivity contribution in [3.63, 3.8) is 0 Å². The lowest BCUT2D eigenvalue weighted by Crippen LogP contribution is -2.10. The van der Waals surface area contributed by atoms with E-state index in [2.05, 4.69) is 10.7 Å². The molecule has 0 bridgehead atoms. The zero-order chi connectivity index (χ0) is 14.7. The smallest absolute Gasteiger partial charge is 0.316 e. The zero-order valence-corrected chi connectivity index (χ0v) is 12.2. The van der Waals surface area contributed by atoms with Crippen LogP contribution >= 0.6 is 22.6 Å². The van der Waals surface area contributed by atoms with Crippen LogP contribution in [0.15, 0.2) is 36.4 Å². The van der Waals surface area contributed by atoms with E-state index in [0.29, 0.717) is 9.26 Å². The molecule has 2 aromatic rings. The molecule has 4 N–H and O–H groups in total. The Morgan fingerprint density at radius 2 is 1.90 bits per heavy atom. The second-order valence-electron chi connectivity index (χ2n) is 3.85. The first-order valence-corrected chi connectivity index (χ1v) is 6.57. The van der Waals surface area contributed by atoms with E-state index in [1.54, 1.807) is 12.1 Å². The molecule has 6 nitrogen and oxygen atoms in total. The lowest BCUT2D eigenvalue weighted by molar-refractivity contribution is -0.383. The van der Waals surface area contributed by atoms with Gasteiger partial charge >= 0.3 is 5.69 Å². The normalized spacial score (nSPS) is 10.2. The highest BCUT2D eigenvalue weighted by molar-refractivity contribution is 14.1. The maximum atomic E-state index is 13.0.